The van der Waals surface area contributed by atoms with Gasteiger partial charge in [-0.2, -0.15) is 0 Å². The number of hydrogen-bond acceptors (Lipinski definition) is 5. The summed E-state index contributed by atoms with van der Waals surface area (Å²) in [6.45, 7) is 6.83. The number of carbonyl (C=O) groups excluding carboxylic acids is 3. The quantitative estimate of drug-likeness (QED) is 0.673. The van der Waals surface area contributed by atoms with Gasteiger partial charge in [0.25, 0.3) is 11.8 Å². The molecule has 2 atom stereocenters. The minimum Gasteiger partial charge on any atom is -0.451 e. The molecule has 2 amide bonds. The van der Waals surface area contributed by atoms with Gasteiger partial charge in [-0.3, -0.25) is 9.59 Å². The molecule has 0 fully saturated rings. The van der Waals surface area contributed by atoms with Gasteiger partial charge in [-0.1, -0.05) is 43.6 Å². The maximum Gasteiger partial charge on any atom is 0.329 e. The highest BCUT2D eigenvalue weighted by molar-refractivity contribution is 6.30. The number of aromatic nitrogens is 1. The molecule has 0 radical (unpaired) electrons. The Morgan fingerprint density at radius 2 is 1.76 bits per heavy atom. The van der Waals surface area contributed by atoms with Gasteiger partial charge in [-0.15, -0.1) is 0 Å². The lowest BCUT2D eigenvalue weighted by Crippen LogP contribution is -2.47. The maximum absolute atomic E-state index is 12.6. The Morgan fingerprint density at radius 1 is 1.07 bits per heavy atom. The lowest BCUT2D eigenvalue weighted by atomic mass is 10.0. The molecule has 0 unspecified atom stereocenters. The molecule has 0 saturated carbocycles. The average molecular weight is 418 g/mol. The largest absolute Gasteiger partial charge is 0.451 e. The van der Waals surface area contributed by atoms with Crippen molar-refractivity contribution >= 4 is 35.2 Å². The summed E-state index contributed by atoms with van der Waals surface area (Å²) >= 11 is 5.76. The molecule has 1 heterocycles. The van der Waals surface area contributed by atoms with Gasteiger partial charge in [0.1, 0.15) is 11.9 Å². The van der Waals surface area contributed by atoms with E-state index in [1.165, 1.54) is 19.2 Å². The smallest absolute Gasteiger partial charge is 0.329 e. The van der Waals surface area contributed by atoms with Crippen molar-refractivity contribution in [2.45, 2.75) is 39.8 Å². The maximum atomic E-state index is 12.6. The minimum absolute atomic E-state index is 0.233. The molecule has 0 aliphatic carbocycles. The number of aryl methyl sites for hydroxylation is 1. The first-order valence-corrected chi connectivity index (χ1v) is 9.56. The summed E-state index contributed by atoms with van der Waals surface area (Å²) in [5.74, 6) is -1.55. The highest BCUT2D eigenvalue weighted by Gasteiger charge is 2.29. The van der Waals surface area contributed by atoms with Gasteiger partial charge in [-0.25, -0.2) is 9.78 Å². The van der Waals surface area contributed by atoms with Crippen LogP contribution in [0.25, 0.3) is 0 Å². The number of benzene rings is 1. The third-order valence-corrected chi connectivity index (χ3v) is 4.46. The SMILES string of the molecule is Cc1ccccc1C(=O)N[C@H](C(=O)O[C@@H](C)C(=O)Nc1ccc(Cl)cn1)C(C)C. The second-order valence-corrected chi connectivity index (χ2v) is 7.38. The van der Waals surface area contributed by atoms with Crippen LogP contribution in [0.4, 0.5) is 5.82 Å². The van der Waals surface area contributed by atoms with E-state index >= 15 is 0 Å². The van der Waals surface area contributed by atoms with Gasteiger partial charge >= 0.3 is 5.97 Å². The van der Waals surface area contributed by atoms with Gasteiger partial charge in [0, 0.05) is 11.8 Å². The minimum atomic E-state index is -1.07. The first kappa shape index (κ1) is 22.4. The summed E-state index contributed by atoms with van der Waals surface area (Å²) in [6, 6.07) is 9.30. The molecule has 8 heteroatoms. The number of ether oxygens (including phenoxy) is 1. The number of halogens is 1. The molecule has 154 valence electrons. The Kier molecular flexibility index (Phi) is 7.73. The standard InChI is InChI=1S/C21H24ClN3O4/c1-12(2)18(25-20(27)16-8-6-5-7-13(16)3)21(28)29-14(4)19(26)24-17-10-9-15(22)11-23-17/h5-12,14,18H,1-4H3,(H,25,27)(H,23,24,26)/t14-,18-/m0/s1. The van der Waals surface area contributed by atoms with E-state index in [0.29, 0.717) is 10.6 Å². The van der Waals surface area contributed by atoms with E-state index in [0.717, 1.165) is 5.56 Å². The number of hydrogen-bond donors (Lipinski definition) is 2. The fourth-order valence-corrected chi connectivity index (χ4v) is 2.63. The van der Waals surface area contributed by atoms with Crippen LogP contribution in [-0.4, -0.2) is 34.9 Å². The second kappa shape index (κ2) is 10.0. The molecular weight excluding hydrogens is 394 g/mol. The molecule has 0 bridgehead atoms. The topological polar surface area (TPSA) is 97.4 Å². The third kappa shape index (κ3) is 6.29. The third-order valence-electron chi connectivity index (χ3n) is 4.24. The lowest BCUT2D eigenvalue weighted by molar-refractivity contribution is -0.156. The van der Waals surface area contributed by atoms with E-state index in [9.17, 15) is 14.4 Å². The van der Waals surface area contributed by atoms with Crippen LogP contribution in [0.5, 0.6) is 0 Å². The number of nitrogens with one attached hydrogen (secondary N) is 2. The highest BCUT2D eigenvalue weighted by atomic mass is 35.5. The van der Waals surface area contributed by atoms with Gasteiger partial charge in [0.05, 0.1) is 5.02 Å². The molecule has 0 aliphatic heterocycles. The second-order valence-electron chi connectivity index (χ2n) is 6.94. The van der Waals surface area contributed by atoms with Crippen molar-refractivity contribution < 1.29 is 19.1 Å². The number of esters is 1. The van der Waals surface area contributed by atoms with Gasteiger partial charge in [0.15, 0.2) is 6.10 Å². The summed E-state index contributed by atoms with van der Waals surface area (Å²) in [5, 5.41) is 5.68. The van der Waals surface area contributed by atoms with E-state index in [1.807, 2.05) is 19.1 Å². The molecule has 0 spiro atoms. The normalized spacial score (nSPS) is 12.8. The van der Waals surface area contributed by atoms with Crippen molar-refractivity contribution in [3.63, 3.8) is 0 Å². The molecule has 2 N–H and O–H groups in total. The fourth-order valence-electron chi connectivity index (χ4n) is 2.52. The zero-order valence-electron chi connectivity index (χ0n) is 16.7. The first-order chi connectivity index (χ1) is 13.7. The van der Waals surface area contributed by atoms with E-state index in [-0.39, 0.29) is 17.6 Å². The summed E-state index contributed by atoms with van der Waals surface area (Å²) < 4.78 is 5.28. The van der Waals surface area contributed by atoms with Crippen molar-refractivity contribution in [1.29, 1.82) is 0 Å². The average Bonchev–Trinajstić information content (AvgIpc) is 2.67. The van der Waals surface area contributed by atoms with Gasteiger partial charge < -0.3 is 15.4 Å². The summed E-state index contributed by atoms with van der Waals surface area (Å²) in [7, 11) is 0. The summed E-state index contributed by atoms with van der Waals surface area (Å²) in [5.41, 5.74) is 1.27. The molecule has 1 aromatic heterocycles. The van der Waals surface area contributed by atoms with Gasteiger partial charge in [-0.05, 0) is 43.5 Å². The molecule has 0 saturated heterocycles. The van der Waals surface area contributed by atoms with E-state index in [4.69, 9.17) is 16.3 Å². The Bertz CT molecular complexity index is 884. The Hall–Kier alpha value is -2.93. The van der Waals surface area contributed by atoms with Crippen LogP contribution in [0.2, 0.25) is 5.02 Å². The summed E-state index contributed by atoms with van der Waals surface area (Å²) in [6.07, 6.45) is 0.320. The van der Waals surface area contributed by atoms with Crippen LogP contribution in [0.3, 0.4) is 0 Å². The fraction of sp³-hybridized carbons (Fsp3) is 0.333. The molecule has 0 aliphatic rings. The van der Waals surface area contributed by atoms with Crippen LogP contribution in [0, 0.1) is 12.8 Å². The number of anilines is 1. The van der Waals surface area contributed by atoms with E-state index < -0.39 is 24.0 Å². The number of rotatable bonds is 7. The number of carbonyl (C=O) groups is 3. The molecule has 7 nitrogen and oxygen atoms in total. The van der Waals surface area contributed by atoms with Crippen molar-refractivity contribution in [3.8, 4) is 0 Å². The predicted molar refractivity (Wildman–Crippen MR) is 111 cm³/mol. The van der Waals surface area contributed by atoms with Crippen molar-refractivity contribution in [3.05, 3.63) is 58.7 Å². The van der Waals surface area contributed by atoms with Crippen LogP contribution in [0.1, 0.15) is 36.7 Å². The Morgan fingerprint density at radius 3 is 2.34 bits per heavy atom. The van der Waals surface area contributed by atoms with E-state index in [2.05, 4.69) is 15.6 Å². The predicted octanol–water partition coefficient (Wildman–Crippen LogP) is 3.37. The molecule has 1 aromatic carbocycles. The van der Waals surface area contributed by atoms with Crippen molar-refractivity contribution in [2.24, 2.45) is 5.92 Å². The Labute approximate surface area is 174 Å². The van der Waals surface area contributed by atoms with Crippen molar-refractivity contribution in [2.75, 3.05) is 5.32 Å². The van der Waals surface area contributed by atoms with Crippen LogP contribution in [-0.2, 0) is 14.3 Å². The number of amides is 2. The zero-order chi connectivity index (χ0) is 21.6. The number of nitrogens with zero attached hydrogens (tertiary/aromatic N) is 1. The van der Waals surface area contributed by atoms with Gasteiger partial charge in [0.2, 0.25) is 0 Å². The first-order valence-electron chi connectivity index (χ1n) is 9.18. The number of pyridine rings is 1. The Balaban J connectivity index is 2.01. The van der Waals surface area contributed by atoms with Crippen LogP contribution >= 0.6 is 11.6 Å². The van der Waals surface area contributed by atoms with Crippen molar-refractivity contribution in [1.82, 2.24) is 10.3 Å². The highest BCUT2D eigenvalue weighted by Crippen LogP contribution is 2.13. The van der Waals surface area contributed by atoms with E-state index in [1.54, 1.807) is 32.0 Å². The summed E-state index contributed by atoms with van der Waals surface area (Å²) in [4.78, 5) is 41.4. The lowest BCUT2D eigenvalue weighted by Gasteiger charge is -2.23. The molecule has 2 rings (SSSR count). The molecular formula is C21H24ClN3O4. The molecule has 29 heavy (non-hydrogen) atoms. The van der Waals surface area contributed by atoms with Crippen LogP contribution in [0.15, 0.2) is 42.6 Å². The molecule has 2 aromatic rings. The zero-order valence-corrected chi connectivity index (χ0v) is 17.5. The monoisotopic (exact) mass is 417 g/mol. The van der Waals surface area contributed by atoms with Crippen LogP contribution < -0.4 is 10.6 Å².